The van der Waals surface area contributed by atoms with Gasteiger partial charge in [0.15, 0.2) is 0 Å². The van der Waals surface area contributed by atoms with Crippen molar-refractivity contribution in [1.82, 2.24) is 10.2 Å². The van der Waals surface area contributed by atoms with Crippen molar-refractivity contribution in [3.8, 4) is 0 Å². The zero-order valence-electron chi connectivity index (χ0n) is 21.8. The number of benzene rings is 2. The van der Waals surface area contributed by atoms with Crippen molar-refractivity contribution in [1.29, 1.82) is 0 Å². The first-order chi connectivity index (χ1) is 17.0. The molecular weight excluding hydrogens is 520 g/mol. The normalized spacial score (nSPS) is 12.5. The molecule has 1 N–H and O–H groups in total. The summed E-state index contributed by atoms with van der Waals surface area (Å²) < 4.78 is 26.4. The third kappa shape index (κ3) is 8.43. The number of rotatable bonds is 10. The number of aryl methyl sites for hydroxylation is 1. The van der Waals surface area contributed by atoms with Gasteiger partial charge in [0.05, 0.1) is 16.9 Å². The van der Waals surface area contributed by atoms with E-state index in [0.717, 1.165) is 16.6 Å². The van der Waals surface area contributed by atoms with Crippen LogP contribution in [0.2, 0.25) is 5.02 Å². The summed E-state index contributed by atoms with van der Waals surface area (Å²) in [6, 6.07) is 9.67. The summed E-state index contributed by atoms with van der Waals surface area (Å²) >= 11 is 5.99. The fraction of sp³-hybridized carbons (Fsp3) is 0.440. The maximum atomic E-state index is 13.7. The first-order valence-corrected chi connectivity index (χ1v) is 13.8. The molecule has 2 aromatic rings. The van der Waals surface area contributed by atoms with Crippen molar-refractivity contribution < 1.29 is 22.9 Å². The fourth-order valence-corrected chi connectivity index (χ4v) is 4.76. The van der Waals surface area contributed by atoms with Gasteiger partial charge in [-0.2, -0.15) is 0 Å². The van der Waals surface area contributed by atoms with E-state index in [9.17, 15) is 28.1 Å². The molecular formula is C25H33ClN4O6S. The minimum atomic E-state index is -4.03. The molecule has 0 spiro atoms. The van der Waals surface area contributed by atoms with Crippen molar-refractivity contribution in [3.05, 3.63) is 68.7 Å². The van der Waals surface area contributed by atoms with Gasteiger partial charge in [0.1, 0.15) is 12.6 Å². The lowest BCUT2D eigenvalue weighted by molar-refractivity contribution is -0.384. The Morgan fingerprint density at radius 3 is 2.22 bits per heavy atom. The van der Waals surface area contributed by atoms with Gasteiger partial charge in [0.2, 0.25) is 21.8 Å². The van der Waals surface area contributed by atoms with Gasteiger partial charge in [-0.1, -0.05) is 36.7 Å². The molecule has 0 unspecified atom stereocenters. The molecule has 37 heavy (non-hydrogen) atoms. The largest absolute Gasteiger partial charge is 0.350 e. The predicted octanol–water partition coefficient (Wildman–Crippen LogP) is 4.04. The van der Waals surface area contributed by atoms with Crippen LogP contribution in [0.15, 0.2) is 42.5 Å². The van der Waals surface area contributed by atoms with Crippen molar-refractivity contribution in [2.45, 2.75) is 59.2 Å². The van der Waals surface area contributed by atoms with Gasteiger partial charge in [-0.05, 0) is 57.4 Å². The van der Waals surface area contributed by atoms with Crippen molar-refractivity contribution >= 4 is 44.8 Å². The number of nitro groups is 1. The molecule has 0 bridgehead atoms. The Morgan fingerprint density at radius 1 is 1.14 bits per heavy atom. The van der Waals surface area contributed by atoms with Crippen LogP contribution >= 0.6 is 11.6 Å². The molecule has 0 heterocycles. The quantitative estimate of drug-likeness (QED) is 0.349. The average molecular weight is 553 g/mol. The first-order valence-electron chi connectivity index (χ1n) is 11.6. The number of amides is 2. The van der Waals surface area contributed by atoms with Gasteiger partial charge in [0.25, 0.3) is 5.69 Å². The lowest BCUT2D eigenvalue weighted by Crippen LogP contribution is -2.55. The lowest BCUT2D eigenvalue weighted by Gasteiger charge is -2.34. The average Bonchev–Trinajstić information content (AvgIpc) is 2.77. The van der Waals surface area contributed by atoms with E-state index in [4.69, 9.17) is 11.6 Å². The van der Waals surface area contributed by atoms with Crippen LogP contribution in [0.5, 0.6) is 0 Å². The van der Waals surface area contributed by atoms with Gasteiger partial charge in [-0.15, -0.1) is 0 Å². The molecule has 0 aliphatic heterocycles. The van der Waals surface area contributed by atoms with Crippen molar-refractivity contribution in [2.24, 2.45) is 0 Å². The first kappa shape index (κ1) is 30.0. The van der Waals surface area contributed by atoms with Crippen molar-refractivity contribution in [2.75, 3.05) is 17.1 Å². The van der Waals surface area contributed by atoms with E-state index in [1.54, 1.807) is 38.1 Å². The minimum absolute atomic E-state index is 0.0173. The summed E-state index contributed by atoms with van der Waals surface area (Å²) in [7, 11) is -4.03. The second-order valence-electron chi connectivity index (χ2n) is 9.81. The van der Waals surface area contributed by atoms with Crippen LogP contribution < -0.4 is 9.62 Å². The van der Waals surface area contributed by atoms with Gasteiger partial charge in [-0.25, -0.2) is 8.42 Å². The van der Waals surface area contributed by atoms with E-state index in [1.807, 2.05) is 20.8 Å². The summed E-state index contributed by atoms with van der Waals surface area (Å²) in [5.41, 5.74) is 0.278. The Kier molecular flexibility index (Phi) is 9.67. The SMILES string of the molecule is CC[C@H](C(=O)NC(C)(C)C)N(Cc1ccc(Cl)cc1)C(=O)CN(c1cc([N+](=O)[O-])ccc1C)S(C)(=O)=O. The molecule has 0 aliphatic carbocycles. The number of nitrogens with zero attached hydrogens (tertiary/aromatic N) is 3. The highest BCUT2D eigenvalue weighted by Gasteiger charge is 2.33. The number of nitro benzene ring substituents is 1. The summed E-state index contributed by atoms with van der Waals surface area (Å²) in [4.78, 5) is 38.9. The number of hydrogen-bond acceptors (Lipinski definition) is 6. The molecule has 1 atom stereocenters. The van der Waals surface area contributed by atoms with Crippen LogP contribution in [0.25, 0.3) is 0 Å². The molecule has 0 saturated carbocycles. The summed E-state index contributed by atoms with van der Waals surface area (Å²) in [6.45, 7) is 8.19. The van der Waals surface area contributed by atoms with Gasteiger partial charge in [0, 0.05) is 29.2 Å². The van der Waals surface area contributed by atoms with Crippen LogP contribution in [-0.4, -0.2) is 54.4 Å². The van der Waals surface area contributed by atoms with E-state index in [2.05, 4.69) is 5.32 Å². The van der Waals surface area contributed by atoms with Crippen LogP contribution in [0.1, 0.15) is 45.2 Å². The number of carbonyl (C=O) groups is 2. The van der Waals surface area contributed by atoms with E-state index in [0.29, 0.717) is 16.1 Å². The highest BCUT2D eigenvalue weighted by atomic mass is 35.5. The smallest absolute Gasteiger partial charge is 0.271 e. The number of carbonyl (C=O) groups excluding carboxylic acids is 2. The Morgan fingerprint density at radius 2 is 1.73 bits per heavy atom. The number of anilines is 1. The van der Waals surface area contributed by atoms with E-state index >= 15 is 0 Å². The number of halogens is 1. The van der Waals surface area contributed by atoms with E-state index < -0.39 is 39.0 Å². The van der Waals surface area contributed by atoms with Gasteiger partial charge in [-0.3, -0.25) is 24.0 Å². The molecule has 0 aliphatic rings. The van der Waals surface area contributed by atoms with Gasteiger partial charge >= 0.3 is 0 Å². The standard InChI is InChI=1S/C25H33ClN4O6S/c1-7-21(24(32)27-25(3,4)5)28(15-18-9-11-19(26)12-10-18)23(31)16-29(37(6,35)36)22-14-20(30(33)34)13-8-17(22)2/h8-14,21H,7,15-16H2,1-6H3,(H,27,32)/t21-/m1/s1. The third-order valence-corrected chi connectivity index (χ3v) is 6.88. The minimum Gasteiger partial charge on any atom is -0.350 e. The molecule has 202 valence electrons. The maximum absolute atomic E-state index is 13.7. The number of nitrogens with one attached hydrogen (secondary N) is 1. The topological polar surface area (TPSA) is 130 Å². The van der Waals surface area contributed by atoms with E-state index in [-0.39, 0.29) is 30.2 Å². The molecule has 10 nitrogen and oxygen atoms in total. The van der Waals surface area contributed by atoms with Crippen LogP contribution in [0, 0.1) is 17.0 Å². The molecule has 2 rings (SSSR count). The monoisotopic (exact) mass is 552 g/mol. The zero-order valence-corrected chi connectivity index (χ0v) is 23.4. The number of sulfonamides is 1. The molecule has 0 radical (unpaired) electrons. The van der Waals surface area contributed by atoms with Crippen LogP contribution in [0.4, 0.5) is 11.4 Å². The Hall–Kier alpha value is -3.18. The Bertz CT molecular complexity index is 1260. The number of hydrogen-bond donors (Lipinski definition) is 1. The molecule has 2 amide bonds. The molecule has 0 saturated heterocycles. The molecule has 12 heteroatoms. The second-order valence-corrected chi connectivity index (χ2v) is 12.2. The maximum Gasteiger partial charge on any atom is 0.271 e. The lowest BCUT2D eigenvalue weighted by atomic mass is 10.1. The fourth-order valence-electron chi connectivity index (χ4n) is 3.73. The summed E-state index contributed by atoms with van der Waals surface area (Å²) in [5, 5.41) is 14.7. The third-order valence-electron chi connectivity index (χ3n) is 5.50. The zero-order chi connectivity index (χ0) is 28.1. The summed E-state index contributed by atoms with van der Waals surface area (Å²) in [5.74, 6) is -1.02. The van der Waals surface area contributed by atoms with Crippen LogP contribution in [0.3, 0.4) is 0 Å². The van der Waals surface area contributed by atoms with E-state index in [1.165, 1.54) is 17.0 Å². The Labute approximate surface area is 222 Å². The highest BCUT2D eigenvalue weighted by Crippen LogP contribution is 2.28. The molecule has 0 fully saturated rings. The predicted molar refractivity (Wildman–Crippen MR) is 144 cm³/mol. The van der Waals surface area contributed by atoms with Crippen LogP contribution in [-0.2, 0) is 26.2 Å². The highest BCUT2D eigenvalue weighted by molar-refractivity contribution is 7.92. The molecule has 0 aromatic heterocycles. The summed E-state index contributed by atoms with van der Waals surface area (Å²) in [6.07, 6.45) is 1.20. The van der Waals surface area contributed by atoms with Gasteiger partial charge < -0.3 is 10.2 Å². The van der Waals surface area contributed by atoms with Crippen molar-refractivity contribution in [3.63, 3.8) is 0 Å². The number of non-ortho nitro benzene ring substituents is 1. The Balaban J connectivity index is 2.54. The second kappa shape index (κ2) is 11.9. The molecule has 2 aromatic carbocycles.